The highest BCUT2D eigenvalue weighted by atomic mass is 16.5. The lowest BCUT2D eigenvalue weighted by molar-refractivity contribution is 0.0602. The van der Waals surface area contributed by atoms with Crippen molar-refractivity contribution in [3.05, 3.63) is 23.8 Å². The highest BCUT2D eigenvalue weighted by Gasteiger charge is 2.19. The highest BCUT2D eigenvalue weighted by Crippen LogP contribution is 2.29. The van der Waals surface area contributed by atoms with Crippen molar-refractivity contribution in [1.29, 1.82) is 0 Å². The van der Waals surface area contributed by atoms with Crippen LogP contribution in [-0.2, 0) is 4.74 Å². The van der Waals surface area contributed by atoms with Crippen molar-refractivity contribution in [2.24, 2.45) is 0 Å². The number of nitrogen functional groups attached to an aromatic ring is 1. The minimum atomic E-state index is -0.349. The van der Waals surface area contributed by atoms with Crippen LogP contribution >= 0.6 is 0 Å². The molecule has 0 aromatic heterocycles. The van der Waals surface area contributed by atoms with Gasteiger partial charge in [0, 0.05) is 6.04 Å². The van der Waals surface area contributed by atoms with E-state index >= 15 is 0 Å². The van der Waals surface area contributed by atoms with Gasteiger partial charge in [0.25, 0.3) is 0 Å². The van der Waals surface area contributed by atoms with Crippen molar-refractivity contribution in [2.45, 2.75) is 31.7 Å². The number of carbonyl (C=O) groups is 1. The molecule has 4 heteroatoms. The molecule has 0 saturated heterocycles. The van der Waals surface area contributed by atoms with E-state index < -0.39 is 0 Å². The second kappa shape index (κ2) is 5.08. The van der Waals surface area contributed by atoms with E-state index in [1.807, 2.05) is 0 Å². The van der Waals surface area contributed by atoms with E-state index in [-0.39, 0.29) is 5.97 Å². The molecule has 1 aliphatic carbocycles. The molecule has 4 nitrogen and oxygen atoms in total. The summed E-state index contributed by atoms with van der Waals surface area (Å²) in [5.74, 6) is -0.349. The van der Waals surface area contributed by atoms with Gasteiger partial charge in [0.1, 0.15) is 0 Å². The Morgan fingerprint density at radius 2 is 2.12 bits per heavy atom. The van der Waals surface area contributed by atoms with Crippen LogP contribution in [0.25, 0.3) is 0 Å². The number of nitrogens with one attached hydrogen (secondary N) is 1. The van der Waals surface area contributed by atoms with Gasteiger partial charge in [0.05, 0.1) is 24.0 Å². The molecule has 2 rings (SSSR count). The number of hydrogen-bond donors (Lipinski definition) is 2. The predicted molar refractivity (Wildman–Crippen MR) is 68.1 cm³/mol. The van der Waals surface area contributed by atoms with Gasteiger partial charge < -0.3 is 15.8 Å². The number of esters is 1. The van der Waals surface area contributed by atoms with Crippen LogP contribution in [0, 0.1) is 0 Å². The first-order chi connectivity index (χ1) is 8.22. The van der Waals surface area contributed by atoms with Crippen LogP contribution < -0.4 is 11.1 Å². The van der Waals surface area contributed by atoms with Crippen LogP contribution in [0.4, 0.5) is 11.4 Å². The molecular weight excluding hydrogens is 216 g/mol. The lowest BCUT2D eigenvalue weighted by Gasteiger charge is -2.18. The summed E-state index contributed by atoms with van der Waals surface area (Å²) in [5.41, 5.74) is 7.75. The Morgan fingerprint density at radius 1 is 1.41 bits per heavy atom. The summed E-state index contributed by atoms with van der Waals surface area (Å²) in [6.45, 7) is 0. The summed E-state index contributed by atoms with van der Waals surface area (Å²) in [4.78, 5) is 11.6. The molecule has 0 heterocycles. The molecule has 3 N–H and O–H groups in total. The third kappa shape index (κ3) is 2.52. The van der Waals surface area contributed by atoms with Gasteiger partial charge in [-0.1, -0.05) is 18.9 Å². The number of rotatable bonds is 3. The maximum absolute atomic E-state index is 11.6. The number of benzene rings is 1. The highest BCUT2D eigenvalue weighted by molar-refractivity contribution is 5.98. The molecule has 92 valence electrons. The SMILES string of the molecule is COC(=O)c1cccc(N)c1NC1CCCC1. The molecule has 0 bridgehead atoms. The predicted octanol–water partition coefficient (Wildman–Crippen LogP) is 2.41. The van der Waals surface area contributed by atoms with Gasteiger partial charge in [-0.05, 0) is 25.0 Å². The molecule has 1 aliphatic rings. The van der Waals surface area contributed by atoms with Crippen LogP contribution in [0.1, 0.15) is 36.0 Å². The fourth-order valence-electron chi connectivity index (χ4n) is 2.29. The van der Waals surface area contributed by atoms with Gasteiger partial charge in [-0.15, -0.1) is 0 Å². The molecule has 1 fully saturated rings. The lowest BCUT2D eigenvalue weighted by atomic mass is 10.1. The van der Waals surface area contributed by atoms with Crippen molar-refractivity contribution in [1.82, 2.24) is 0 Å². The van der Waals surface area contributed by atoms with Crippen LogP contribution in [0.2, 0.25) is 0 Å². The van der Waals surface area contributed by atoms with Crippen LogP contribution in [0.3, 0.4) is 0 Å². The summed E-state index contributed by atoms with van der Waals surface area (Å²) in [5, 5.41) is 3.37. The monoisotopic (exact) mass is 234 g/mol. The molecule has 0 aliphatic heterocycles. The summed E-state index contributed by atoms with van der Waals surface area (Å²) in [7, 11) is 1.38. The number of methoxy groups -OCH3 is 1. The van der Waals surface area contributed by atoms with Crippen LogP contribution in [0.5, 0.6) is 0 Å². The number of hydrogen-bond acceptors (Lipinski definition) is 4. The largest absolute Gasteiger partial charge is 0.465 e. The summed E-state index contributed by atoms with van der Waals surface area (Å²) in [6, 6.07) is 5.72. The van der Waals surface area contributed by atoms with Crippen molar-refractivity contribution in [2.75, 3.05) is 18.2 Å². The summed E-state index contributed by atoms with van der Waals surface area (Å²) >= 11 is 0. The maximum atomic E-state index is 11.6. The van der Waals surface area contributed by atoms with Gasteiger partial charge >= 0.3 is 5.97 Å². The van der Waals surface area contributed by atoms with Gasteiger partial charge in [0.2, 0.25) is 0 Å². The van der Waals surface area contributed by atoms with E-state index in [0.717, 1.165) is 12.8 Å². The average Bonchev–Trinajstić information content (AvgIpc) is 2.83. The molecule has 0 atom stereocenters. The average molecular weight is 234 g/mol. The Labute approximate surface area is 101 Å². The van der Waals surface area contributed by atoms with Gasteiger partial charge in [-0.3, -0.25) is 0 Å². The lowest BCUT2D eigenvalue weighted by Crippen LogP contribution is -2.18. The van der Waals surface area contributed by atoms with Crippen molar-refractivity contribution in [3.63, 3.8) is 0 Å². The van der Waals surface area contributed by atoms with Crippen molar-refractivity contribution < 1.29 is 9.53 Å². The van der Waals surface area contributed by atoms with E-state index in [9.17, 15) is 4.79 Å². The second-order valence-corrected chi connectivity index (χ2v) is 4.39. The molecule has 0 amide bonds. The molecule has 1 saturated carbocycles. The van der Waals surface area contributed by atoms with Crippen LogP contribution in [-0.4, -0.2) is 19.1 Å². The quantitative estimate of drug-likeness (QED) is 0.622. The topological polar surface area (TPSA) is 64.3 Å². The van der Waals surface area contributed by atoms with Gasteiger partial charge in [-0.2, -0.15) is 0 Å². The third-order valence-electron chi connectivity index (χ3n) is 3.21. The normalized spacial score (nSPS) is 15.8. The van der Waals surface area contributed by atoms with Crippen molar-refractivity contribution in [3.8, 4) is 0 Å². The molecule has 0 spiro atoms. The number of nitrogens with two attached hydrogens (primary N) is 1. The first-order valence-electron chi connectivity index (χ1n) is 5.95. The van der Waals surface area contributed by atoms with E-state index in [0.29, 0.717) is 23.0 Å². The van der Waals surface area contributed by atoms with E-state index in [1.54, 1.807) is 18.2 Å². The Bertz CT molecular complexity index is 412. The minimum Gasteiger partial charge on any atom is -0.465 e. The smallest absolute Gasteiger partial charge is 0.340 e. The summed E-state index contributed by atoms with van der Waals surface area (Å²) in [6.07, 6.45) is 4.74. The van der Waals surface area contributed by atoms with Crippen LogP contribution in [0.15, 0.2) is 18.2 Å². The van der Waals surface area contributed by atoms with E-state index in [1.165, 1.54) is 20.0 Å². The first kappa shape index (κ1) is 11.8. The number of carbonyl (C=O) groups excluding carboxylic acids is 1. The number of para-hydroxylation sites is 1. The molecular formula is C13H18N2O2. The molecule has 0 unspecified atom stereocenters. The summed E-state index contributed by atoms with van der Waals surface area (Å²) < 4.78 is 4.76. The second-order valence-electron chi connectivity index (χ2n) is 4.39. The van der Waals surface area contributed by atoms with Gasteiger partial charge in [0.15, 0.2) is 0 Å². The Kier molecular flexibility index (Phi) is 3.52. The molecule has 1 aromatic carbocycles. The Balaban J connectivity index is 2.26. The Hall–Kier alpha value is -1.71. The minimum absolute atomic E-state index is 0.349. The first-order valence-corrected chi connectivity index (χ1v) is 5.95. The van der Waals surface area contributed by atoms with E-state index in [2.05, 4.69) is 5.32 Å². The number of anilines is 2. The molecule has 1 aromatic rings. The fraction of sp³-hybridized carbons (Fsp3) is 0.462. The zero-order valence-corrected chi connectivity index (χ0v) is 10.0. The Morgan fingerprint density at radius 3 is 2.76 bits per heavy atom. The maximum Gasteiger partial charge on any atom is 0.340 e. The zero-order chi connectivity index (χ0) is 12.3. The number of ether oxygens (including phenoxy) is 1. The van der Waals surface area contributed by atoms with Crippen molar-refractivity contribution >= 4 is 17.3 Å². The fourth-order valence-corrected chi connectivity index (χ4v) is 2.29. The zero-order valence-electron chi connectivity index (χ0n) is 10.0. The molecule has 17 heavy (non-hydrogen) atoms. The van der Waals surface area contributed by atoms with E-state index in [4.69, 9.17) is 10.5 Å². The van der Waals surface area contributed by atoms with Gasteiger partial charge in [-0.25, -0.2) is 4.79 Å². The standard InChI is InChI=1S/C13H18N2O2/c1-17-13(16)10-7-4-8-11(14)12(10)15-9-5-2-3-6-9/h4,7-9,15H,2-3,5-6,14H2,1H3. The molecule has 0 radical (unpaired) electrons. The third-order valence-corrected chi connectivity index (χ3v) is 3.21.